The lowest BCUT2D eigenvalue weighted by Gasteiger charge is -2.40. The molecule has 2 aliphatic rings. The van der Waals surface area contributed by atoms with E-state index < -0.39 is 46.3 Å². The molecule has 0 N–H and O–H groups in total. The molecule has 0 saturated carbocycles. The van der Waals surface area contributed by atoms with Gasteiger partial charge in [0.2, 0.25) is 10.0 Å². The summed E-state index contributed by atoms with van der Waals surface area (Å²) >= 11 is 5.75. The number of piperidine rings is 1. The van der Waals surface area contributed by atoms with Gasteiger partial charge in [-0.3, -0.25) is 0 Å². The number of ether oxygens (including phenoxy) is 1. The lowest BCUT2D eigenvalue weighted by molar-refractivity contribution is -0.0760. The Labute approximate surface area is 155 Å². The van der Waals surface area contributed by atoms with Crippen LogP contribution < -0.4 is 4.74 Å². The van der Waals surface area contributed by atoms with Crippen LogP contribution in [-0.4, -0.2) is 60.6 Å². The molecule has 2 fully saturated rings. The fraction of sp³-hybridized carbons (Fsp3) is 0.562. The molecule has 0 unspecified atom stereocenters. The normalized spacial score (nSPS) is 28.1. The molecule has 1 amide bonds. The van der Waals surface area contributed by atoms with Gasteiger partial charge in [0, 0.05) is 30.6 Å². The molecule has 1 aromatic rings. The fourth-order valence-corrected chi connectivity index (χ4v) is 5.19. The van der Waals surface area contributed by atoms with Crippen LogP contribution in [0.25, 0.3) is 0 Å². The summed E-state index contributed by atoms with van der Waals surface area (Å²) in [4.78, 5) is 13.2. The summed E-state index contributed by atoms with van der Waals surface area (Å²) in [5.74, 6) is -3.02. The topological polar surface area (TPSA) is 66.9 Å². The molecule has 2 saturated heterocycles. The monoisotopic (exact) mass is 408 g/mol. The summed E-state index contributed by atoms with van der Waals surface area (Å²) in [6, 6.07) is 4.96. The number of carbonyl (C=O) groups is 1. The minimum absolute atomic E-state index is 0.131. The van der Waals surface area contributed by atoms with Crippen molar-refractivity contribution in [3.63, 3.8) is 0 Å². The first kappa shape index (κ1) is 19.3. The molecular weight excluding hydrogens is 390 g/mol. The Bertz CT molecular complexity index is 788. The molecule has 2 aliphatic heterocycles. The number of carbonyl (C=O) groups excluding carboxylic acids is 1. The Kier molecular flexibility index (Phi) is 5.15. The van der Waals surface area contributed by atoms with Crippen molar-refractivity contribution in [2.75, 3.05) is 19.6 Å². The number of alkyl halides is 2. The zero-order valence-corrected chi connectivity index (χ0v) is 15.6. The standard InChI is InChI=1S/C16H19ClF2N2O4S/c1-11-6-7-21(26(11,23)24)13-8-16(18,19)10-20(9-13)15(22)25-14-4-2-12(17)3-5-14/h2-5,11,13H,6-10H2,1H3/t11-,13-/m1/s1. The van der Waals surface area contributed by atoms with E-state index in [2.05, 4.69) is 0 Å². The molecule has 2 atom stereocenters. The average molecular weight is 409 g/mol. The lowest BCUT2D eigenvalue weighted by atomic mass is 10.0. The first-order valence-corrected chi connectivity index (χ1v) is 10.1. The van der Waals surface area contributed by atoms with Crippen LogP contribution in [0.2, 0.25) is 5.02 Å². The number of nitrogens with zero attached hydrogens (tertiary/aromatic N) is 2. The highest BCUT2D eigenvalue weighted by Gasteiger charge is 2.49. The van der Waals surface area contributed by atoms with E-state index in [-0.39, 0.29) is 18.8 Å². The maximum Gasteiger partial charge on any atom is 0.415 e. The minimum Gasteiger partial charge on any atom is -0.410 e. The van der Waals surface area contributed by atoms with Gasteiger partial charge in [-0.15, -0.1) is 0 Å². The quantitative estimate of drug-likeness (QED) is 0.754. The van der Waals surface area contributed by atoms with Crippen molar-refractivity contribution < 1.29 is 26.7 Å². The Hall–Kier alpha value is -1.45. The number of hydrogen-bond donors (Lipinski definition) is 0. The van der Waals surface area contributed by atoms with Gasteiger partial charge in [0.1, 0.15) is 5.75 Å². The second-order valence-corrected chi connectivity index (χ2v) is 9.41. The van der Waals surface area contributed by atoms with Gasteiger partial charge < -0.3 is 9.64 Å². The third kappa shape index (κ3) is 3.94. The Balaban J connectivity index is 1.75. The van der Waals surface area contributed by atoms with Gasteiger partial charge in [-0.1, -0.05) is 11.6 Å². The lowest BCUT2D eigenvalue weighted by Crippen LogP contribution is -2.57. The van der Waals surface area contributed by atoms with E-state index >= 15 is 0 Å². The first-order chi connectivity index (χ1) is 12.1. The van der Waals surface area contributed by atoms with Crippen LogP contribution in [0.3, 0.4) is 0 Å². The Morgan fingerprint density at radius 2 is 1.96 bits per heavy atom. The first-order valence-electron chi connectivity index (χ1n) is 8.19. The molecular formula is C16H19ClF2N2O4S. The maximum atomic E-state index is 14.2. The average Bonchev–Trinajstić information content (AvgIpc) is 2.81. The van der Waals surface area contributed by atoms with E-state index in [1.165, 1.54) is 24.3 Å². The van der Waals surface area contributed by atoms with E-state index in [1.807, 2.05) is 0 Å². The van der Waals surface area contributed by atoms with Crippen molar-refractivity contribution in [2.45, 2.75) is 37.0 Å². The SMILES string of the molecule is C[C@@H]1CCN([C@H]2CN(C(=O)Oc3ccc(Cl)cc3)CC(F)(F)C2)S1(=O)=O. The number of amides is 1. The molecule has 1 aromatic carbocycles. The molecule has 2 heterocycles. The number of rotatable bonds is 2. The highest BCUT2D eigenvalue weighted by atomic mass is 35.5. The van der Waals surface area contributed by atoms with Crippen LogP contribution in [0.4, 0.5) is 13.6 Å². The van der Waals surface area contributed by atoms with Crippen LogP contribution >= 0.6 is 11.6 Å². The van der Waals surface area contributed by atoms with Crippen LogP contribution in [0.5, 0.6) is 5.75 Å². The Morgan fingerprint density at radius 3 is 2.54 bits per heavy atom. The number of likely N-dealkylation sites (tertiary alicyclic amines) is 1. The van der Waals surface area contributed by atoms with Gasteiger partial charge in [-0.05, 0) is 37.6 Å². The third-order valence-electron chi connectivity index (χ3n) is 4.66. The largest absolute Gasteiger partial charge is 0.415 e. The van der Waals surface area contributed by atoms with Crippen LogP contribution in [-0.2, 0) is 10.0 Å². The summed E-state index contributed by atoms with van der Waals surface area (Å²) in [6.07, 6.45) is -1.16. The van der Waals surface area contributed by atoms with E-state index in [4.69, 9.17) is 16.3 Å². The summed E-state index contributed by atoms with van der Waals surface area (Å²) in [7, 11) is -3.62. The molecule has 0 aliphatic carbocycles. The number of hydrogen-bond acceptors (Lipinski definition) is 4. The van der Waals surface area contributed by atoms with Crippen molar-refractivity contribution in [1.82, 2.24) is 9.21 Å². The predicted molar refractivity (Wildman–Crippen MR) is 92.1 cm³/mol. The summed E-state index contributed by atoms with van der Waals surface area (Å²) in [5, 5.41) is -0.157. The Morgan fingerprint density at radius 1 is 1.31 bits per heavy atom. The van der Waals surface area contributed by atoms with Gasteiger partial charge in [0.25, 0.3) is 5.92 Å². The number of sulfonamides is 1. The van der Waals surface area contributed by atoms with Gasteiger partial charge in [-0.25, -0.2) is 22.0 Å². The van der Waals surface area contributed by atoms with E-state index in [0.717, 1.165) is 9.21 Å². The van der Waals surface area contributed by atoms with Crippen molar-refractivity contribution in [3.8, 4) is 5.75 Å². The molecule has 10 heteroatoms. The van der Waals surface area contributed by atoms with Gasteiger partial charge in [-0.2, -0.15) is 4.31 Å². The number of benzene rings is 1. The minimum atomic E-state index is -3.62. The van der Waals surface area contributed by atoms with Crippen LogP contribution in [0, 0.1) is 0 Å². The van der Waals surface area contributed by atoms with Gasteiger partial charge in [0.15, 0.2) is 0 Å². The molecule has 0 spiro atoms. The molecule has 0 bridgehead atoms. The summed E-state index contributed by atoms with van der Waals surface area (Å²) < 4.78 is 59.2. The van der Waals surface area contributed by atoms with Crippen molar-refractivity contribution in [2.24, 2.45) is 0 Å². The third-order valence-corrected chi connectivity index (χ3v) is 7.30. The molecule has 3 rings (SSSR count). The highest BCUT2D eigenvalue weighted by molar-refractivity contribution is 7.90. The second-order valence-electron chi connectivity index (χ2n) is 6.67. The highest BCUT2D eigenvalue weighted by Crippen LogP contribution is 2.34. The van der Waals surface area contributed by atoms with E-state index in [0.29, 0.717) is 11.4 Å². The smallest absolute Gasteiger partial charge is 0.410 e. The van der Waals surface area contributed by atoms with Crippen molar-refractivity contribution in [3.05, 3.63) is 29.3 Å². The predicted octanol–water partition coefficient (Wildman–Crippen LogP) is 2.97. The molecule has 144 valence electrons. The van der Waals surface area contributed by atoms with Crippen LogP contribution in [0.1, 0.15) is 19.8 Å². The zero-order chi connectivity index (χ0) is 19.1. The molecule has 6 nitrogen and oxygen atoms in total. The number of halogens is 3. The molecule has 0 aromatic heterocycles. The summed E-state index contributed by atoms with van der Waals surface area (Å²) in [6.45, 7) is 0.806. The fourth-order valence-electron chi connectivity index (χ4n) is 3.28. The van der Waals surface area contributed by atoms with Gasteiger partial charge in [0.05, 0.1) is 11.8 Å². The van der Waals surface area contributed by atoms with Crippen LogP contribution in [0.15, 0.2) is 24.3 Å². The zero-order valence-electron chi connectivity index (χ0n) is 14.1. The van der Waals surface area contributed by atoms with Crippen molar-refractivity contribution >= 4 is 27.7 Å². The maximum absolute atomic E-state index is 14.2. The molecule has 26 heavy (non-hydrogen) atoms. The second kappa shape index (κ2) is 6.94. The van der Waals surface area contributed by atoms with E-state index in [9.17, 15) is 22.0 Å². The summed E-state index contributed by atoms with van der Waals surface area (Å²) in [5.41, 5.74) is 0. The van der Waals surface area contributed by atoms with Crippen molar-refractivity contribution in [1.29, 1.82) is 0 Å². The molecule has 0 radical (unpaired) electrons. The van der Waals surface area contributed by atoms with E-state index in [1.54, 1.807) is 6.92 Å². The van der Waals surface area contributed by atoms with Gasteiger partial charge >= 0.3 is 6.09 Å².